The van der Waals surface area contributed by atoms with Crippen LogP contribution in [-0.2, 0) is 7.05 Å². The molecule has 0 aliphatic carbocycles. The van der Waals surface area contributed by atoms with Crippen molar-refractivity contribution >= 4 is 34.2 Å². The van der Waals surface area contributed by atoms with Crippen molar-refractivity contribution in [3.63, 3.8) is 0 Å². The molecule has 0 unspecified atom stereocenters. The maximum absolute atomic E-state index is 12.7. The molecular formula is C22H15ClN4O. The summed E-state index contributed by atoms with van der Waals surface area (Å²) in [6.45, 7) is 0. The second-order valence-corrected chi connectivity index (χ2v) is 6.56. The van der Waals surface area contributed by atoms with E-state index in [4.69, 9.17) is 11.6 Å². The van der Waals surface area contributed by atoms with Gasteiger partial charge in [-0.2, -0.15) is 0 Å². The molecule has 0 atom stereocenters. The number of hydrogen-bond acceptors (Lipinski definition) is 3. The Kier molecular flexibility index (Phi) is 4.79. The van der Waals surface area contributed by atoms with Crippen LogP contribution in [0.15, 0.2) is 67.0 Å². The number of carbonyl (C=O) groups excluding carboxylic acids is 1. The first-order valence-corrected chi connectivity index (χ1v) is 8.94. The van der Waals surface area contributed by atoms with Gasteiger partial charge in [-0.1, -0.05) is 35.7 Å². The van der Waals surface area contributed by atoms with E-state index >= 15 is 0 Å². The van der Waals surface area contributed by atoms with Gasteiger partial charge < -0.3 is 9.88 Å². The van der Waals surface area contributed by atoms with Gasteiger partial charge in [0.15, 0.2) is 0 Å². The second-order valence-electron chi connectivity index (χ2n) is 6.13. The number of hydrogen-bond donors (Lipinski definition) is 1. The summed E-state index contributed by atoms with van der Waals surface area (Å²) >= 11 is 5.89. The van der Waals surface area contributed by atoms with E-state index in [-0.39, 0.29) is 5.91 Å². The van der Waals surface area contributed by atoms with Crippen LogP contribution in [0.3, 0.4) is 0 Å². The van der Waals surface area contributed by atoms with Crippen LogP contribution < -0.4 is 5.32 Å². The molecule has 28 heavy (non-hydrogen) atoms. The summed E-state index contributed by atoms with van der Waals surface area (Å²) in [5, 5.41) is 4.20. The lowest BCUT2D eigenvalue weighted by molar-refractivity contribution is 0.101. The Hall–Kier alpha value is -3.62. The van der Waals surface area contributed by atoms with Crippen LogP contribution in [0.1, 0.15) is 21.7 Å². The lowest BCUT2D eigenvalue weighted by Crippen LogP contribution is -2.15. The van der Waals surface area contributed by atoms with E-state index in [0.29, 0.717) is 27.7 Å². The van der Waals surface area contributed by atoms with Crippen molar-refractivity contribution in [3.05, 3.63) is 89.0 Å². The summed E-state index contributed by atoms with van der Waals surface area (Å²) in [6.07, 6.45) is 1.46. The summed E-state index contributed by atoms with van der Waals surface area (Å²) in [7, 11) is 1.79. The highest BCUT2D eigenvalue weighted by atomic mass is 35.5. The number of amides is 1. The van der Waals surface area contributed by atoms with E-state index in [1.165, 1.54) is 6.33 Å². The monoisotopic (exact) mass is 386 g/mol. The van der Waals surface area contributed by atoms with Crippen molar-refractivity contribution in [1.29, 1.82) is 0 Å². The van der Waals surface area contributed by atoms with Crippen LogP contribution in [0.4, 0.5) is 5.69 Å². The van der Waals surface area contributed by atoms with Gasteiger partial charge >= 0.3 is 0 Å². The minimum Gasteiger partial charge on any atom is -0.324 e. The molecule has 0 bridgehead atoms. The largest absolute Gasteiger partial charge is 0.324 e. The summed E-state index contributed by atoms with van der Waals surface area (Å²) in [4.78, 5) is 21.3. The van der Waals surface area contributed by atoms with Crippen LogP contribution >= 0.6 is 11.6 Å². The summed E-state index contributed by atoms with van der Waals surface area (Å²) in [6, 6.07) is 18.4. The molecule has 4 aromatic rings. The number of aromatic nitrogens is 3. The van der Waals surface area contributed by atoms with Crippen molar-refractivity contribution in [3.8, 4) is 11.8 Å². The number of nitrogens with one attached hydrogen (secondary N) is 1. The van der Waals surface area contributed by atoms with E-state index < -0.39 is 0 Å². The van der Waals surface area contributed by atoms with Crippen molar-refractivity contribution in [2.75, 3.05) is 5.32 Å². The van der Waals surface area contributed by atoms with Crippen LogP contribution in [0, 0.1) is 11.8 Å². The molecule has 0 saturated heterocycles. The Morgan fingerprint density at radius 1 is 1.04 bits per heavy atom. The van der Waals surface area contributed by atoms with Crippen molar-refractivity contribution < 1.29 is 4.79 Å². The minimum absolute atomic E-state index is 0.246. The van der Waals surface area contributed by atoms with Crippen molar-refractivity contribution in [2.24, 2.45) is 7.05 Å². The predicted molar refractivity (Wildman–Crippen MR) is 110 cm³/mol. The quantitative estimate of drug-likeness (QED) is 0.523. The fourth-order valence-corrected chi connectivity index (χ4v) is 2.96. The molecule has 4 rings (SSSR count). The van der Waals surface area contributed by atoms with E-state index in [1.807, 2.05) is 30.3 Å². The molecule has 0 aliphatic rings. The van der Waals surface area contributed by atoms with Gasteiger partial charge in [-0.25, -0.2) is 9.97 Å². The molecule has 2 heterocycles. The normalized spacial score (nSPS) is 10.4. The molecule has 5 nitrogen and oxygen atoms in total. The Morgan fingerprint density at radius 2 is 1.79 bits per heavy atom. The van der Waals surface area contributed by atoms with Crippen molar-refractivity contribution in [1.82, 2.24) is 14.5 Å². The van der Waals surface area contributed by atoms with Crippen LogP contribution in [0.2, 0.25) is 5.02 Å². The molecule has 0 spiro atoms. The van der Waals surface area contributed by atoms with Crippen LogP contribution in [0.25, 0.3) is 11.0 Å². The molecule has 2 aromatic carbocycles. The number of fused-ring (bicyclic) bond motifs is 1. The number of carbonyl (C=O) groups is 1. The molecule has 1 amide bonds. The SMILES string of the molecule is Cn1c(C(=O)Nc2ccc(Cl)cc2)cc2c(C#Cc3ccccc3)ncnc21. The molecule has 6 heteroatoms. The third kappa shape index (κ3) is 3.59. The zero-order valence-electron chi connectivity index (χ0n) is 15.0. The number of anilines is 1. The minimum atomic E-state index is -0.246. The molecule has 2 aromatic heterocycles. The second kappa shape index (κ2) is 7.55. The van der Waals surface area contributed by atoms with Crippen LogP contribution in [0.5, 0.6) is 0 Å². The van der Waals surface area contributed by atoms with Gasteiger partial charge in [0.2, 0.25) is 0 Å². The number of aryl methyl sites for hydroxylation is 1. The molecule has 0 saturated carbocycles. The van der Waals surface area contributed by atoms with E-state index in [0.717, 1.165) is 10.9 Å². The zero-order valence-corrected chi connectivity index (χ0v) is 15.7. The summed E-state index contributed by atoms with van der Waals surface area (Å²) in [5.41, 5.74) is 3.25. The topological polar surface area (TPSA) is 59.8 Å². The van der Waals surface area contributed by atoms with Gasteiger partial charge in [0.05, 0.1) is 5.39 Å². The average Bonchev–Trinajstić information content (AvgIpc) is 3.06. The smallest absolute Gasteiger partial charge is 0.272 e. The maximum atomic E-state index is 12.7. The van der Waals surface area contributed by atoms with Crippen LogP contribution in [-0.4, -0.2) is 20.4 Å². The molecule has 0 radical (unpaired) electrons. The third-order valence-corrected chi connectivity index (χ3v) is 4.51. The van der Waals surface area contributed by atoms with Gasteiger partial charge in [-0.15, -0.1) is 0 Å². The van der Waals surface area contributed by atoms with Gasteiger partial charge in [-0.05, 0) is 48.4 Å². The molecule has 0 fully saturated rings. The number of benzene rings is 2. The summed E-state index contributed by atoms with van der Waals surface area (Å²) < 4.78 is 1.73. The average molecular weight is 387 g/mol. The number of rotatable bonds is 2. The van der Waals surface area contributed by atoms with Gasteiger partial charge in [0.1, 0.15) is 23.4 Å². The fraction of sp³-hybridized carbons (Fsp3) is 0.0455. The van der Waals surface area contributed by atoms with Gasteiger partial charge in [-0.3, -0.25) is 4.79 Å². The highest BCUT2D eigenvalue weighted by Gasteiger charge is 2.16. The van der Waals surface area contributed by atoms with E-state index in [9.17, 15) is 4.79 Å². The standard InChI is InChI=1S/C22H15ClN4O/c1-27-20(22(28)26-17-10-8-16(23)9-11-17)13-18-19(24-14-25-21(18)27)12-7-15-5-3-2-4-6-15/h2-6,8-11,13-14H,1H3,(H,26,28). The Balaban J connectivity index is 1.69. The lowest BCUT2D eigenvalue weighted by Gasteiger charge is -2.06. The highest BCUT2D eigenvalue weighted by Crippen LogP contribution is 2.20. The number of halogens is 1. The van der Waals surface area contributed by atoms with Crippen molar-refractivity contribution in [2.45, 2.75) is 0 Å². The molecule has 1 N–H and O–H groups in total. The molecule has 136 valence electrons. The predicted octanol–water partition coefficient (Wildman–Crippen LogP) is 4.27. The fourth-order valence-electron chi connectivity index (χ4n) is 2.83. The maximum Gasteiger partial charge on any atom is 0.272 e. The molecular weight excluding hydrogens is 372 g/mol. The Bertz CT molecular complexity index is 1220. The van der Waals surface area contributed by atoms with Gasteiger partial charge in [0, 0.05) is 23.3 Å². The third-order valence-electron chi connectivity index (χ3n) is 4.26. The van der Waals surface area contributed by atoms with E-state index in [2.05, 4.69) is 27.1 Å². The first kappa shape index (κ1) is 17.8. The highest BCUT2D eigenvalue weighted by molar-refractivity contribution is 6.30. The molecule has 0 aliphatic heterocycles. The van der Waals surface area contributed by atoms with E-state index in [1.54, 1.807) is 41.9 Å². The first-order valence-electron chi connectivity index (χ1n) is 8.56. The number of nitrogens with zero attached hydrogens (tertiary/aromatic N) is 3. The summed E-state index contributed by atoms with van der Waals surface area (Å²) in [5.74, 6) is 5.93. The first-order chi connectivity index (χ1) is 13.6. The Labute approximate surface area is 167 Å². The zero-order chi connectivity index (χ0) is 19.5. The lowest BCUT2D eigenvalue weighted by atomic mass is 10.2. The van der Waals surface area contributed by atoms with Gasteiger partial charge in [0.25, 0.3) is 5.91 Å². The Morgan fingerprint density at radius 3 is 2.54 bits per heavy atom.